The van der Waals surface area contributed by atoms with Gasteiger partial charge in [0.2, 0.25) is 5.91 Å². The van der Waals surface area contributed by atoms with Gasteiger partial charge in [-0.1, -0.05) is 25.5 Å². The number of aryl methyl sites for hydroxylation is 1. The highest BCUT2D eigenvalue weighted by molar-refractivity contribution is 6.32. The molecule has 0 saturated carbocycles. The third kappa shape index (κ3) is 7.07. The van der Waals surface area contributed by atoms with Crippen LogP contribution in [-0.4, -0.2) is 42.0 Å². The molecule has 0 aliphatic heterocycles. The summed E-state index contributed by atoms with van der Waals surface area (Å²) in [7, 11) is -2.02. The van der Waals surface area contributed by atoms with Crippen LogP contribution in [0.3, 0.4) is 0 Å². The van der Waals surface area contributed by atoms with Gasteiger partial charge in [-0.05, 0) is 31.4 Å². The summed E-state index contributed by atoms with van der Waals surface area (Å²) < 4.78 is 18.4. The van der Waals surface area contributed by atoms with E-state index in [0.29, 0.717) is 12.0 Å². The fourth-order valence-electron chi connectivity index (χ4n) is 2.02. The van der Waals surface area contributed by atoms with Crippen molar-refractivity contribution in [3.8, 4) is 0 Å². The van der Waals surface area contributed by atoms with E-state index in [9.17, 15) is 14.0 Å². The van der Waals surface area contributed by atoms with E-state index in [4.69, 9.17) is 14.7 Å². The number of benzene rings is 1. The average molecular weight is 340 g/mol. The molecule has 0 saturated heterocycles. The molecule has 0 bridgehead atoms. The Kier molecular flexibility index (Phi) is 7.83. The number of hydrogen-bond acceptors (Lipinski definition) is 5. The molecule has 24 heavy (non-hydrogen) atoms. The van der Waals surface area contributed by atoms with Crippen LogP contribution in [0.1, 0.15) is 36.2 Å². The van der Waals surface area contributed by atoms with Crippen LogP contribution in [0.2, 0.25) is 0 Å². The normalized spacial score (nSPS) is 12.0. The molecule has 7 nitrogen and oxygen atoms in total. The quantitative estimate of drug-likeness (QED) is 0.403. The lowest BCUT2D eigenvalue weighted by atomic mass is 10.1. The topological polar surface area (TPSA) is 108 Å². The molecule has 0 heterocycles. The van der Waals surface area contributed by atoms with Crippen molar-refractivity contribution in [1.29, 1.82) is 0 Å². The minimum absolute atomic E-state index is 0.130. The first-order valence-electron chi connectivity index (χ1n) is 7.54. The molecular formula is C15H22BFN2O5. The molecule has 0 fully saturated rings. The molecule has 0 aliphatic carbocycles. The van der Waals surface area contributed by atoms with Crippen molar-refractivity contribution in [3.63, 3.8) is 0 Å². The molecule has 132 valence electrons. The number of carbonyl (C=O) groups excluding carboxylic acids is 2. The number of carbonyl (C=O) groups is 2. The van der Waals surface area contributed by atoms with Crippen LogP contribution < -0.4 is 10.6 Å². The molecule has 0 aromatic heterocycles. The van der Waals surface area contributed by atoms with Gasteiger partial charge >= 0.3 is 7.32 Å². The lowest BCUT2D eigenvalue weighted by Crippen LogP contribution is -2.46. The van der Waals surface area contributed by atoms with E-state index in [1.54, 1.807) is 6.92 Å². The largest absolute Gasteiger partial charge is 0.635 e. The lowest BCUT2D eigenvalue weighted by molar-refractivity contribution is -0.123. The zero-order valence-electron chi connectivity index (χ0n) is 13.9. The highest BCUT2D eigenvalue weighted by Crippen LogP contribution is 2.10. The van der Waals surface area contributed by atoms with Gasteiger partial charge in [0.1, 0.15) is 12.0 Å². The second kappa shape index (κ2) is 9.36. The summed E-state index contributed by atoms with van der Waals surface area (Å²) in [6.45, 7) is 5.06. The fourth-order valence-corrected chi connectivity index (χ4v) is 2.02. The maximum absolute atomic E-state index is 13.6. The Hall–Kier alpha value is -1.97. The monoisotopic (exact) mass is 340 g/mol. The molecule has 4 N–H and O–H groups in total. The minimum atomic E-state index is -2.02. The fraction of sp³-hybridized carbons (Fsp3) is 0.467. The first-order chi connectivity index (χ1) is 11.2. The number of amides is 2. The first kappa shape index (κ1) is 20.1. The average Bonchev–Trinajstić information content (AvgIpc) is 2.45. The van der Waals surface area contributed by atoms with Crippen molar-refractivity contribution < 1.29 is 28.7 Å². The van der Waals surface area contributed by atoms with E-state index in [2.05, 4.69) is 10.6 Å². The maximum atomic E-state index is 13.6. The lowest BCUT2D eigenvalue weighted by Gasteiger charge is -2.21. The van der Waals surface area contributed by atoms with Crippen molar-refractivity contribution in [2.75, 3.05) is 6.54 Å². The smallest absolute Gasteiger partial charge is 0.402 e. The molecule has 0 radical (unpaired) electrons. The van der Waals surface area contributed by atoms with Crippen LogP contribution in [0.5, 0.6) is 0 Å². The van der Waals surface area contributed by atoms with E-state index in [-0.39, 0.29) is 11.5 Å². The van der Waals surface area contributed by atoms with Gasteiger partial charge < -0.3 is 25.3 Å². The predicted molar refractivity (Wildman–Crippen MR) is 86.1 cm³/mol. The zero-order chi connectivity index (χ0) is 18.3. The molecule has 9 heteroatoms. The molecule has 0 aliphatic rings. The van der Waals surface area contributed by atoms with E-state index in [1.807, 2.05) is 13.8 Å². The van der Waals surface area contributed by atoms with E-state index >= 15 is 0 Å². The van der Waals surface area contributed by atoms with Gasteiger partial charge in [0, 0.05) is 0 Å². The summed E-state index contributed by atoms with van der Waals surface area (Å²) in [5, 5.41) is 22.4. The number of rotatable bonds is 8. The van der Waals surface area contributed by atoms with Crippen molar-refractivity contribution in [2.45, 2.75) is 33.4 Å². The molecule has 1 aromatic rings. The van der Waals surface area contributed by atoms with Crippen LogP contribution >= 0.6 is 0 Å². The summed E-state index contributed by atoms with van der Waals surface area (Å²) in [6.07, 6.45) is -0.561. The van der Waals surface area contributed by atoms with Gasteiger partial charge in [0.15, 0.2) is 0 Å². The van der Waals surface area contributed by atoms with Gasteiger partial charge in [-0.2, -0.15) is 0 Å². The molecule has 1 atom stereocenters. The highest BCUT2D eigenvalue weighted by Gasteiger charge is 2.21. The van der Waals surface area contributed by atoms with Crippen LogP contribution in [0, 0.1) is 18.7 Å². The molecule has 0 unspecified atom stereocenters. The van der Waals surface area contributed by atoms with E-state index in [1.165, 1.54) is 18.2 Å². The SMILES string of the molecule is Cc1ccc(F)c(C(=O)NCC(=O)N[C@@H](CC(C)C)OB(O)O)c1. The van der Waals surface area contributed by atoms with Crippen LogP contribution in [0.15, 0.2) is 18.2 Å². The first-order valence-corrected chi connectivity index (χ1v) is 7.54. The van der Waals surface area contributed by atoms with Crippen molar-refractivity contribution >= 4 is 19.1 Å². The predicted octanol–water partition coefficient (Wildman–Crippen LogP) is 0.338. The Morgan fingerprint density at radius 3 is 2.58 bits per heavy atom. The Labute approximate surface area is 140 Å². The van der Waals surface area contributed by atoms with Gasteiger partial charge in [0.25, 0.3) is 5.91 Å². The Morgan fingerprint density at radius 1 is 1.33 bits per heavy atom. The summed E-state index contributed by atoms with van der Waals surface area (Å²) in [6, 6.07) is 4.10. The number of hydrogen-bond donors (Lipinski definition) is 4. The van der Waals surface area contributed by atoms with E-state index in [0.717, 1.165) is 0 Å². The molecular weight excluding hydrogens is 318 g/mol. The molecule has 2 amide bonds. The summed E-state index contributed by atoms with van der Waals surface area (Å²) in [4.78, 5) is 23.8. The Balaban J connectivity index is 2.57. The second-order valence-corrected chi connectivity index (χ2v) is 5.81. The standard InChI is InChI=1S/C15H22BFN2O5/c1-9(2)6-14(24-16(22)23)19-13(20)8-18-15(21)11-7-10(3)4-5-12(11)17/h4-5,7,9,14,22-23H,6,8H2,1-3H3,(H,18,21)(H,19,20)/t14-/m1/s1. The third-order valence-electron chi connectivity index (χ3n) is 3.07. The van der Waals surface area contributed by atoms with Gasteiger partial charge in [-0.15, -0.1) is 0 Å². The second-order valence-electron chi connectivity index (χ2n) is 5.81. The van der Waals surface area contributed by atoms with Crippen LogP contribution in [-0.2, 0) is 9.45 Å². The van der Waals surface area contributed by atoms with Crippen molar-refractivity contribution in [2.24, 2.45) is 5.92 Å². The molecule has 0 spiro atoms. The van der Waals surface area contributed by atoms with Crippen molar-refractivity contribution in [1.82, 2.24) is 10.6 Å². The highest BCUT2D eigenvalue weighted by atomic mass is 19.1. The van der Waals surface area contributed by atoms with Crippen LogP contribution in [0.25, 0.3) is 0 Å². The van der Waals surface area contributed by atoms with Gasteiger partial charge in [-0.25, -0.2) is 4.39 Å². The molecule has 1 rings (SSSR count). The summed E-state index contributed by atoms with van der Waals surface area (Å²) in [5.41, 5.74) is 0.567. The zero-order valence-corrected chi connectivity index (χ0v) is 13.9. The Morgan fingerprint density at radius 2 is 2.00 bits per heavy atom. The summed E-state index contributed by atoms with van der Waals surface area (Å²) >= 11 is 0. The number of halogens is 1. The van der Waals surface area contributed by atoms with Gasteiger partial charge in [0.05, 0.1) is 12.1 Å². The molecule has 1 aromatic carbocycles. The van der Waals surface area contributed by atoms with Crippen LogP contribution in [0.4, 0.5) is 4.39 Å². The number of nitrogens with one attached hydrogen (secondary N) is 2. The summed E-state index contributed by atoms with van der Waals surface area (Å²) in [5.74, 6) is -1.86. The van der Waals surface area contributed by atoms with Gasteiger partial charge in [-0.3, -0.25) is 9.59 Å². The third-order valence-corrected chi connectivity index (χ3v) is 3.07. The minimum Gasteiger partial charge on any atom is -0.402 e. The van der Waals surface area contributed by atoms with Crippen molar-refractivity contribution in [3.05, 3.63) is 35.1 Å². The Bertz CT molecular complexity index is 573. The maximum Gasteiger partial charge on any atom is 0.635 e. The van der Waals surface area contributed by atoms with E-state index < -0.39 is 37.7 Å².